The summed E-state index contributed by atoms with van der Waals surface area (Å²) in [5.41, 5.74) is -4.51. The van der Waals surface area contributed by atoms with Crippen LogP contribution in [0.3, 0.4) is 0 Å². The third kappa shape index (κ3) is 6.63. The number of aliphatic hydroxyl groups is 1. The number of ether oxygens (including phenoxy) is 1. The number of nitrogens with one attached hydrogen (secondary N) is 2. The average molecular weight is 580 g/mol. The Hall–Kier alpha value is -3.47. The van der Waals surface area contributed by atoms with Gasteiger partial charge in [-0.1, -0.05) is 0 Å². The largest absolute Gasteiger partial charge is 0.423 e. The second-order valence-electron chi connectivity index (χ2n) is 9.61. The summed E-state index contributed by atoms with van der Waals surface area (Å²) in [4.78, 5) is 35.8. The number of piperidine rings is 1. The van der Waals surface area contributed by atoms with Gasteiger partial charge in [-0.05, 0) is 19.8 Å². The van der Waals surface area contributed by atoms with Crippen LogP contribution in [-0.2, 0) is 21.9 Å². The molecule has 0 aromatic carbocycles. The molecule has 17 heteroatoms. The lowest BCUT2D eigenvalue weighted by Crippen LogP contribution is -2.47. The Balaban J connectivity index is 1.32. The smallest absolute Gasteiger partial charge is 0.391 e. The lowest BCUT2D eigenvalue weighted by Gasteiger charge is -2.36. The van der Waals surface area contributed by atoms with E-state index in [9.17, 15) is 41.0 Å². The molecule has 3 N–H and O–H groups in total. The van der Waals surface area contributed by atoms with Crippen LogP contribution in [0, 0.1) is 0 Å². The summed E-state index contributed by atoms with van der Waals surface area (Å²) in [6.07, 6.45) is -7.97. The van der Waals surface area contributed by atoms with E-state index in [4.69, 9.17) is 4.74 Å². The molecule has 0 saturated carbocycles. The van der Waals surface area contributed by atoms with Gasteiger partial charge >= 0.3 is 12.4 Å². The van der Waals surface area contributed by atoms with E-state index in [2.05, 4.69) is 20.4 Å². The van der Waals surface area contributed by atoms with Crippen molar-refractivity contribution in [2.45, 2.75) is 62.8 Å². The normalized spacial score (nSPS) is 20.6. The molecule has 11 nitrogen and oxygen atoms in total. The number of carbonyl (C=O) groups is 1. The molecule has 220 valence electrons. The van der Waals surface area contributed by atoms with E-state index >= 15 is 0 Å². The molecule has 0 unspecified atom stereocenters. The molecule has 2 aliphatic rings. The van der Waals surface area contributed by atoms with Crippen LogP contribution in [0.4, 0.5) is 38.0 Å². The average Bonchev–Trinajstić information content (AvgIpc) is 3.25. The van der Waals surface area contributed by atoms with Gasteiger partial charge < -0.3 is 25.0 Å². The topological polar surface area (TPSA) is 137 Å². The van der Waals surface area contributed by atoms with Gasteiger partial charge in [0.05, 0.1) is 36.2 Å². The Labute approximate surface area is 223 Å². The summed E-state index contributed by atoms with van der Waals surface area (Å²) in [6.45, 7) is 2.23. The van der Waals surface area contributed by atoms with Crippen molar-refractivity contribution in [3.63, 3.8) is 0 Å². The fraction of sp³-hybridized carbons (Fsp3) is 0.609. The molecule has 0 radical (unpaired) electrons. The molecule has 2 saturated heterocycles. The zero-order chi connectivity index (χ0) is 29.2. The monoisotopic (exact) mass is 579 g/mol. The van der Waals surface area contributed by atoms with Gasteiger partial charge in [0.15, 0.2) is 0 Å². The zero-order valence-corrected chi connectivity index (χ0v) is 21.2. The van der Waals surface area contributed by atoms with Crippen molar-refractivity contribution in [3.8, 4) is 0 Å². The van der Waals surface area contributed by atoms with E-state index in [1.165, 1.54) is 6.92 Å². The van der Waals surface area contributed by atoms with E-state index in [-0.39, 0.29) is 24.5 Å². The number of amides is 1. The van der Waals surface area contributed by atoms with Crippen LogP contribution in [0.25, 0.3) is 0 Å². The fourth-order valence-electron chi connectivity index (χ4n) is 4.71. The molecule has 2 aromatic rings. The number of aromatic amines is 1. The first kappa shape index (κ1) is 29.5. The number of alkyl halides is 6. The van der Waals surface area contributed by atoms with Crippen molar-refractivity contribution in [1.82, 2.24) is 25.1 Å². The second kappa shape index (κ2) is 11.6. The number of hydrogen-bond donors (Lipinski definition) is 3. The van der Waals surface area contributed by atoms with E-state index in [1.807, 2.05) is 0 Å². The minimum Gasteiger partial charge on any atom is -0.391 e. The maximum atomic E-state index is 13.4. The number of aromatic nitrogens is 4. The molecular formula is C23H27F6N7O4. The minimum absolute atomic E-state index is 0.144. The van der Waals surface area contributed by atoms with Gasteiger partial charge in [-0.25, -0.2) is 15.1 Å². The van der Waals surface area contributed by atoms with Crippen molar-refractivity contribution in [2.24, 2.45) is 0 Å². The van der Waals surface area contributed by atoms with Gasteiger partial charge in [0.25, 0.3) is 11.5 Å². The number of rotatable bonds is 8. The zero-order valence-electron chi connectivity index (χ0n) is 21.2. The van der Waals surface area contributed by atoms with Crippen LogP contribution in [0.2, 0.25) is 0 Å². The SMILES string of the molecule is C[C@@H](O)[C@@H](CO[C@@H]1CCN(C2CCN(c3ncc(C(F)(F)F)cn3)CC2)C1=O)Nc1cn[nH]c(=O)c1C(F)(F)F. The maximum Gasteiger partial charge on any atom is 0.423 e. The summed E-state index contributed by atoms with van der Waals surface area (Å²) in [6, 6.07) is -1.23. The van der Waals surface area contributed by atoms with E-state index in [0.717, 1.165) is 18.6 Å². The van der Waals surface area contributed by atoms with E-state index in [1.54, 1.807) is 14.9 Å². The highest BCUT2D eigenvalue weighted by Crippen LogP contribution is 2.32. The molecule has 0 spiro atoms. The summed E-state index contributed by atoms with van der Waals surface area (Å²) in [7, 11) is 0. The summed E-state index contributed by atoms with van der Waals surface area (Å²) in [5, 5.41) is 17.7. The third-order valence-corrected chi connectivity index (χ3v) is 6.88. The van der Waals surface area contributed by atoms with Crippen LogP contribution in [0.5, 0.6) is 0 Å². The van der Waals surface area contributed by atoms with Gasteiger partial charge in [-0.15, -0.1) is 0 Å². The first-order valence-electron chi connectivity index (χ1n) is 12.4. The molecule has 3 atom stereocenters. The van der Waals surface area contributed by atoms with Crippen molar-refractivity contribution in [2.75, 3.05) is 36.5 Å². The number of likely N-dealkylation sites (tertiary alicyclic amines) is 1. The van der Waals surface area contributed by atoms with Crippen molar-refractivity contribution < 1.29 is 41.0 Å². The molecule has 4 heterocycles. The lowest BCUT2D eigenvalue weighted by atomic mass is 10.0. The Morgan fingerprint density at radius 3 is 2.27 bits per heavy atom. The van der Waals surface area contributed by atoms with E-state index < -0.39 is 53.0 Å². The Bertz CT molecular complexity index is 1230. The standard InChI is InChI=1S/C23H27F6N7O4/c1-12(37)16(33-15-10-32-34-19(38)18(15)23(27,28)29)11-40-17-4-7-36(20(17)39)14-2-5-35(6-3-14)21-30-8-13(9-31-21)22(24,25)26/h8-10,12,14,16-17,37H,2-7,11H2,1H3,(H2,33,34,38)/t12-,16-,17-/m1/s1. The van der Waals surface area contributed by atoms with Crippen molar-refractivity contribution >= 4 is 17.5 Å². The van der Waals surface area contributed by atoms with Crippen LogP contribution < -0.4 is 15.8 Å². The lowest BCUT2D eigenvalue weighted by molar-refractivity contribution is -0.140. The predicted molar refractivity (Wildman–Crippen MR) is 127 cm³/mol. The van der Waals surface area contributed by atoms with Crippen LogP contribution in [-0.4, -0.2) is 86.6 Å². The van der Waals surface area contributed by atoms with Crippen molar-refractivity contribution in [3.05, 3.63) is 40.1 Å². The second-order valence-corrected chi connectivity index (χ2v) is 9.61. The highest BCUT2D eigenvalue weighted by Gasteiger charge is 2.40. The Kier molecular flexibility index (Phi) is 8.53. The summed E-state index contributed by atoms with van der Waals surface area (Å²) < 4.78 is 84.0. The molecule has 0 bridgehead atoms. The number of hydrogen-bond acceptors (Lipinski definition) is 9. The molecule has 2 aliphatic heterocycles. The summed E-state index contributed by atoms with van der Waals surface area (Å²) >= 11 is 0. The Morgan fingerprint density at radius 1 is 1.05 bits per heavy atom. The molecule has 1 amide bonds. The number of nitrogens with zero attached hydrogens (tertiary/aromatic N) is 5. The number of H-pyrrole nitrogens is 1. The molecular weight excluding hydrogens is 552 g/mol. The molecule has 2 fully saturated rings. The van der Waals surface area contributed by atoms with E-state index in [0.29, 0.717) is 38.9 Å². The van der Waals surface area contributed by atoms with Crippen molar-refractivity contribution in [1.29, 1.82) is 0 Å². The van der Waals surface area contributed by atoms with Gasteiger partial charge in [-0.2, -0.15) is 31.4 Å². The van der Waals surface area contributed by atoms with Crippen LogP contribution >= 0.6 is 0 Å². The summed E-state index contributed by atoms with van der Waals surface area (Å²) in [5.74, 6) is -0.135. The number of carbonyl (C=O) groups excluding carboxylic acids is 1. The van der Waals surface area contributed by atoms with Gasteiger partial charge in [0, 0.05) is 44.5 Å². The highest BCUT2D eigenvalue weighted by molar-refractivity contribution is 5.83. The third-order valence-electron chi connectivity index (χ3n) is 6.88. The van der Waals surface area contributed by atoms with Gasteiger partial charge in [0.2, 0.25) is 5.95 Å². The molecule has 4 rings (SSSR count). The van der Waals surface area contributed by atoms with Crippen LogP contribution in [0.15, 0.2) is 23.4 Å². The number of aliphatic hydroxyl groups excluding tert-OH is 1. The fourth-order valence-corrected chi connectivity index (χ4v) is 4.71. The Morgan fingerprint density at radius 2 is 1.70 bits per heavy atom. The number of anilines is 2. The first-order chi connectivity index (χ1) is 18.8. The highest BCUT2D eigenvalue weighted by atomic mass is 19.4. The quantitative estimate of drug-likeness (QED) is 0.402. The molecule has 2 aromatic heterocycles. The maximum absolute atomic E-state index is 13.4. The van der Waals surface area contributed by atoms with Gasteiger partial charge in [0.1, 0.15) is 11.7 Å². The molecule has 40 heavy (non-hydrogen) atoms. The van der Waals surface area contributed by atoms with Gasteiger partial charge in [-0.3, -0.25) is 9.59 Å². The number of halogens is 6. The predicted octanol–water partition coefficient (Wildman–Crippen LogP) is 2.05. The first-order valence-corrected chi connectivity index (χ1v) is 12.4. The minimum atomic E-state index is -4.97. The molecule has 0 aliphatic carbocycles. The van der Waals surface area contributed by atoms with Crippen LogP contribution in [0.1, 0.15) is 37.3 Å².